The molecular formula is C10H8N6O. The van der Waals surface area contributed by atoms with Crippen LogP contribution in [0.4, 0.5) is 5.95 Å². The minimum absolute atomic E-state index is 0.275. The lowest BCUT2D eigenvalue weighted by molar-refractivity contribution is 0.102. The van der Waals surface area contributed by atoms with Gasteiger partial charge in [0, 0.05) is 24.8 Å². The molecule has 0 bridgehead atoms. The van der Waals surface area contributed by atoms with Crippen molar-refractivity contribution in [3.63, 3.8) is 0 Å². The third-order valence-corrected chi connectivity index (χ3v) is 2.30. The Morgan fingerprint density at radius 2 is 2.29 bits per heavy atom. The Morgan fingerprint density at radius 3 is 3.12 bits per heavy atom. The lowest BCUT2D eigenvalue weighted by Crippen LogP contribution is -2.12. The molecule has 0 radical (unpaired) electrons. The van der Waals surface area contributed by atoms with Gasteiger partial charge < -0.3 is 4.98 Å². The maximum Gasteiger partial charge on any atom is 0.261 e. The molecule has 17 heavy (non-hydrogen) atoms. The number of fused-ring (bicyclic) bond motifs is 1. The van der Waals surface area contributed by atoms with E-state index in [2.05, 4.69) is 25.4 Å². The maximum absolute atomic E-state index is 11.9. The van der Waals surface area contributed by atoms with Gasteiger partial charge in [0.25, 0.3) is 5.91 Å². The van der Waals surface area contributed by atoms with Gasteiger partial charge in [0.1, 0.15) is 0 Å². The minimum Gasteiger partial charge on any atom is -0.331 e. The molecule has 0 spiro atoms. The zero-order chi connectivity index (χ0) is 11.7. The van der Waals surface area contributed by atoms with Gasteiger partial charge in [0.2, 0.25) is 5.95 Å². The van der Waals surface area contributed by atoms with Crippen LogP contribution in [-0.4, -0.2) is 30.5 Å². The summed E-state index contributed by atoms with van der Waals surface area (Å²) < 4.78 is 1.59. The van der Waals surface area contributed by atoms with Gasteiger partial charge in [-0.2, -0.15) is 5.10 Å². The number of nitrogens with one attached hydrogen (secondary N) is 2. The molecule has 0 saturated carbocycles. The number of nitrogens with zero attached hydrogens (tertiary/aromatic N) is 4. The summed E-state index contributed by atoms with van der Waals surface area (Å²) in [6, 6.07) is 0. The van der Waals surface area contributed by atoms with Crippen LogP contribution < -0.4 is 5.32 Å². The number of imidazole rings is 1. The van der Waals surface area contributed by atoms with E-state index in [1.807, 2.05) is 0 Å². The first-order valence-electron chi connectivity index (χ1n) is 4.93. The maximum atomic E-state index is 11.9. The smallest absolute Gasteiger partial charge is 0.261 e. The van der Waals surface area contributed by atoms with Gasteiger partial charge in [0.05, 0.1) is 23.5 Å². The van der Waals surface area contributed by atoms with Gasteiger partial charge in [-0.15, -0.1) is 0 Å². The van der Waals surface area contributed by atoms with Gasteiger partial charge in [0.15, 0.2) is 0 Å². The molecule has 3 heterocycles. The number of carbonyl (C=O) groups is 1. The van der Waals surface area contributed by atoms with Crippen molar-refractivity contribution in [3.8, 4) is 0 Å². The summed E-state index contributed by atoms with van der Waals surface area (Å²) in [5, 5.41) is 6.68. The van der Waals surface area contributed by atoms with Crippen molar-refractivity contribution in [1.29, 1.82) is 0 Å². The normalized spacial score (nSPS) is 10.6. The number of H-pyrrole nitrogens is 1. The Morgan fingerprint density at radius 1 is 1.35 bits per heavy atom. The Bertz CT molecular complexity index is 656. The first kappa shape index (κ1) is 9.52. The lowest BCUT2D eigenvalue weighted by atomic mass is 10.3. The third kappa shape index (κ3) is 1.63. The summed E-state index contributed by atoms with van der Waals surface area (Å²) >= 11 is 0. The van der Waals surface area contributed by atoms with Gasteiger partial charge in [-0.1, -0.05) is 0 Å². The second-order valence-electron chi connectivity index (χ2n) is 3.36. The molecule has 84 valence electrons. The molecule has 0 aliphatic rings. The molecule has 0 saturated heterocycles. The molecule has 0 unspecified atom stereocenters. The number of carbonyl (C=O) groups excluding carboxylic acids is 1. The van der Waals surface area contributed by atoms with Gasteiger partial charge >= 0.3 is 0 Å². The number of hydrogen-bond donors (Lipinski definition) is 2. The van der Waals surface area contributed by atoms with Crippen LogP contribution in [0.1, 0.15) is 10.4 Å². The Kier molecular flexibility index (Phi) is 2.08. The third-order valence-electron chi connectivity index (χ3n) is 2.30. The molecule has 2 N–H and O–H groups in total. The van der Waals surface area contributed by atoms with E-state index in [0.717, 1.165) is 0 Å². The summed E-state index contributed by atoms with van der Waals surface area (Å²) in [5.74, 6) is 0.126. The number of aromatic amines is 1. The fraction of sp³-hybridized carbons (Fsp3) is 0. The summed E-state index contributed by atoms with van der Waals surface area (Å²) in [5.41, 5.74) is 1.10. The Labute approximate surface area is 95.5 Å². The summed E-state index contributed by atoms with van der Waals surface area (Å²) in [6.45, 7) is 0. The second-order valence-corrected chi connectivity index (χ2v) is 3.36. The predicted octanol–water partition coefficient (Wildman–Crippen LogP) is 0.705. The molecule has 7 heteroatoms. The first-order valence-corrected chi connectivity index (χ1v) is 4.93. The van der Waals surface area contributed by atoms with Crippen molar-refractivity contribution < 1.29 is 4.79 Å². The summed E-state index contributed by atoms with van der Waals surface area (Å²) in [6.07, 6.45) is 9.56. The molecule has 0 fully saturated rings. The molecule has 3 rings (SSSR count). The largest absolute Gasteiger partial charge is 0.331 e. The summed E-state index contributed by atoms with van der Waals surface area (Å²) in [7, 11) is 0. The molecule has 7 nitrogen and oxygen atoms in total. The fourth-order valence-electron chi connectivity index (χ4n) is 1.52. The van der Waals surface area contributed by atoms with Crippen molar-refractivity contribution in [3.05, 3.63) is 42.7 Å². The van der Waals surface area contributed by atoms with Crippen LogP contribution in [0.3, 0.4) is 0 Å². The van der Waals surface area contributed by atoms with E-state index in [4.69, 9.17) is 0 Å². The molecule has 3 aromatic heterocycles. The molecular weight excluding hydrogens is 220 g/mol. The van der Waals surface area contributed by atoms with Crippen LogP contribution in [0.25, 0.3) is 5.52 Å². The number of rotatable bonds is 2. The van der Waals surface area contributed by atoms with Crippen molar-refractivity contribution in [2.75, 3.05) is 5.32 Å². The van der Waals surface area contributed by atoms with E-state index < -0.39 is 0 Å². The predicted molar refractivity (Wildman–Crippen MR) is 59.5 cm³/mol. The number of amides is 1. The fourth-order valence-corrected chi connectivity index (χ4v) is 1.52. The van der Waals surface area contributed by atoms with Crippen molar-refractivity contribution >= 4 is 17.4 Å². The zero-order valence-electron chi connectivity index (χ0n) is 8.66. The highest BCUT2D eigenvalue weighted by atomic mass is 16.1. The monoisotopic (exact) mass is 228 g/mol. The molecule has 0 aliphatic heterocycles. The average Bonchev–Trinajstić information content (AvgIpc) is 2.96. The SMILES string of the molecule is O=C(Nc1ncc[nH]1)c1cnn2ccncc12. The van der Waals surface area contributed by atoms with Crippen molar-refractivity contribution in [1.82, 2.24) is 24.6 Å². The topological polar surface area (TPSA) is 88.0 Å². The highest BCUT2D eigenvalue weighted by Gasteiger charge is 2.13. The quantitative estimate of drug-likeness (QED) is 0.676. The van der Waals surface area contributed by atoms with Gasteiger partial charge in [-0.3, -0.25) is 15.1 Å². The van der Waals surface area contributed by atoms with E-state index in [1.54, 1.807) is 35.5 Å². The number of anilines is 1. The second kappa shape index (κ2) is 3.71. The molecule has 0 aromatic carbocycles. The van der Waals surface area contributed by atoms with Crippen LogP contribution >= 0.6 is 0 Å². The Hall–Kier alpha value is -2.70. The van der Waals surface area contributed by atoms with Crippen molar-refractivity contribution in [2.45, 2.75) is 0 Å². The first-order chi connectivity index (χ1) is 8.34. The molecule has 1 amide bonds. The minimum atomic E-state index is -0.275. The highest BCUT2D eigenvalue weighted by molar-refractivity contribution is 6.07. The van der Waals surface area contributed by atoms with E-state index in [9.17, 15) is 4.79 Å². The molecule has 0 atom stereocenters. The average molecular weight is 228 g/mol. The van der Waals surface area contributed by atoms with Crippen molar-refractivity contribution in [2.24, 2.45) is 0 Å². The van der Waals surface area contributed by atoms with Crippen LogP contribution in [0.15, 0.2) is 37.2 Å². The molecule has 0 aliphatic carbocycles. The van der Waals surface area contributed by atoms with Crippen LogP contribution in [0, 0.1) is 0 Å². The summed E-state index contributed by atoms with van der Waals surface area (Å²) in [4.78, 5) is 22.6. The standard InChI is InChI=1S/C10H8N6O/c17-9(15-10-12-1-2-13-10)7-5-14-16-4-3-11-6-8(7)16/h1-6H,(H2,12,13,15,17). The van der Waals surface area contributed by atoms with Gasteiger partial charge in [-0.05, 0) is 0 Å². The number of hydrogen-bond acceptors (Lipinski definition) is 4. The Balaban J connectivity index is 1.96. The molecule has 3 aromatic rings. The zero-order valence-corrected chi connectivity index (χ0v) is 8.66. The van der Waals surface area contributed by atoms with Gasteiger partial charge in [-0.25, -0.2) is 9.50 Å². The van der Waals surface area contributed by atoms with E-state index >= 15 is 0 Å². The number of aromatic nitrogens is 5. The lowest BCUT2D eigenvalue weighted by Gasteiger charge is -1.99. The van der Waals surface area contributed by atoms with Crippen LogP contribution in [-0.2, 0) is 0 Å². The highest BCUT2D eigenvalue weighted by Crippen LogP contribution is 2.10. The van der Waals surface area contributed by atoms with Crippen LogP contribution in [0.5, 0.6) is 0 Å². The van der Waals surface area contributed by atoms with Crippen LogP contribution in [0.2, 0.25) is 0 Å². The van der Waals surface area contributed by atoms with E-state index in [-0.39, 0.29) is 5.91 Å². The van der Waals surface area contributed by atoms with E-state index in [0.29, 0.717) is 17.0 Å². The van der Waals surface area contributed by atoms with E-state index in [1.165, 1.54) is 6.20 Å².